The van der Waals surface area contributed by atoms with Crippen molar-refractivity contribution >= 4 is 12.4 Å². The largest absolute Gasteiger partial charge is 0.465 e. The summed E-state index contributed by atoms with van der Waals surface area (Å²) in [6.07, 6.45) is 2.48. The lowest BCUT2D eigenvalue weighted by atomic mass is 10.2. The van der Waals surface area contributed by atoms with Crippen LogP contribution in [0.3, 0.4) is 0 Å². The molecule has 1 aromatic rings. The van der Waals surface area contributed by atoms with Crippen LogP contribution in [0, 0.1) is 6.92 Å². The molecule has 3 heteroatoms. The molecule has 0 aliphatic carbocycles. The third-order valence-electron chi connectivity index (χ3n) is 2.16. The number of furan rings is 1. The van der Waals surface area contributed by atoms with Crippen LogP contribution in [0.15, 0.2) is 16.5 Å². The number of hydrogen-bond acceptors (Lipinski definition) is 2. The van der Waals surface area contributed by atoms with Crippen LogP contribution >= 0.6 is 12.4 Å². The van der Waals surface area contributed by atoms with Crippen LogP contribution in [0.5, 0.6) is 0 Å². The van der Waals surface area contributed by atoms with Crippen LogP contribution in [0.1, 0.15) is 30.4 Å². The van der Waals surface area contributed by atoms with Crippen LogP contribution in [0.25, 0.3) is 0 Å². The Morgan fingerprint density at radius 2 is 2.33 bits per heavy atom. The normalized spacial score (nSPS) is 22.2. The smallest absolute Gasteiger partial charge is 0.121 e. The summed E-state index contributed by atoms with van der Waals surface area (Å²) in [4.78, 5) is 0. The van der Waals surface area contributed by atoms with Crippen molar-refractivity contribution in [3.8, 4) is 0 Å². The third kappa shape index (κ3) is 1.82. The molecule has 1 N–H and O–H groups in total. The van der Waals surface area contributed by atoms with Gasteiger partial charge in [0.05, 0.1) is 6.04 Å². The van der Waals surface area contributed by atoms with E-state index in [4.69, 9.17) is 4.42 Å². The molecule has 12 heavy (non-hydrogen) atoms. The van der Waals surface area contributed by atoms with Crippen LogP contribution in [-0.2, 0) is 0 Å². The molecule has 0 radical (unpaired) electrons. The molecule has 1 atom stereocenters. The lowest BCUT2D eigenvalue weighted by Gasteiger charge is -2.04. The first-order chi connectivity index (χ1) is 5.36. The Bertz CT molecular complexity index is 240. The van der Waals surface area contributed by atoms with E-state index < -0.39 is 0 Å². The van der Waals surface area contributed by atoms with E-state index in [1.807, 2.05) is 13.0 Å². The number of nitrogens with one attached hydrogen (secondary N) is 1. The summed E-state index contributed by atoms with van der Waals surface area (Å²) in [5.41, 5.74) is 0. The number of hydrogen-bond donors (Lipinski definition) is 1. The zero-order valence-corrected chi connectivity index (χ0v) is 7.99. The van der Waals surface area contributed by atoms with E-state index in [2.05, 4.69) is 11.4 Å². The van der Waals surface area contributed by atoms with Gasteiger partial charge in [-0.25, -0.2) is 0 Å². The van der Waals surface area contributed by atoms with E-state index in [0.717, 1.165) is 18.1 Å². The molecule has 1 saturated heterocycles. The minimum absolute atomic E-state index is 0. The predicted molar refractivity (Wildman–Crippen MR) is 50.7 cm³/mol. The molecule has 0 unspecified atom stereocenters. The molecule has 2 rings (SSSR count). The maximum absolute atomic E-state index is 5.50. The molecule has 68 valence electrons. The summed E-state index contributed by atoms with van der Waals surface area (Å²) in [5, 5.41) is 3.39. The van der Waals surface area contributed by atoms with Crippen molar-refractivity contribution in [1.29, 1.82) is 0 Å². The maximum Gasteiger partial charge on any atom is 0.121 e. The number of aryl methyl sites for hydroxylation is 1. The Kier molecular flexibility index (Phi) is 3.18. The molecule has 0 amide bonds. The second-order valence-electron chi connectivity index (χ2n) is 3.10. The van der Waals surface area contributed by atoms with Gasteiger partial charge in [-0.3, -0.25) is 0 Å². The fourth-order valence-corrected chi connectivity index (χ4v) is 1.57. The van der Waals surface area contributed by atoms with Gasteiger partial charge in [0.2, 0.25) is 0 Å². The van der Waals surface area contributed by atoms with Gasteiger partial charge in [-0.1, -0.05) is 0 Å². The maximum atomic E-state index is 5.50. The van der Waals surface area contributed by atoms with Crippen molar-refractivity contribution in [2.24, 2.45) is 0 Å². The van der Waals surface area contributed by atoms with E-state index in [0.29, 0.717) is 6.04 Å². The van der Waals surface area contributed by atoms with Crippen LogP contribution in [0.4, 0.5) is 0 Å². The average Bonchev–Trinajstić information content (AvgIpc) is 2.55. The predicted octanol–water partition coefficient (Wildman–Crippen LogP) is 2.43. The molecular weight excluding hydrogens is 174 g/mol. The quantitative estimate of drug-likeness (QED) is 0.731. The standard InChI is InChI=1S/C9H13NO.ClH/c1-7-4-5-9(11-7)8-3-2-6-10-8;/h4-5,8,10H,2-3,6H2,1H3;1H/t8-;/m0./s1. The van der Waals surface area contributed by atoms with Crippen LogP contribution in [-0.4, -0.2) is 6.54 Å². The molecule has 1 aliphatic heterocycles. The van der Waals surface area contributed by atoms with E-state index in [1.165, 1.54) is 12.8 Å². The summed E-state index contributed by atoms with van der Waals surface area (Å²) < 4.78 is 5.50. The third-order valence-corrected chi connectivity index (χ3v) is 2.16. The zero-order valence-electron chi connectivity index (χ0n) is 7.17. The molecule has 2 nitrogen and oxygen atoms in total. The van der Waals surface area contributed by atoms with Gasteiger partial charge in [0.25, 0.3) is 0 Å². The Balaban J connectivity index is 0.000000720. The van der Waals surface area contributed by atoms with Gasteiger partial charge < -0.3 is 9.73 Å². The topological polar surface area (TPSA) is 25.2 Å². The van der Waals surface area contributed by atoms with E-state index in [9.17, 15) is 0 Å². The lowest BCUT2D eigenvalue weighted by molar-refractivity contribution is 0.428. The van der Waals surface area contributed by atoms with E-state index in [-0.39, 0.29) is 12.4 Å². The molecule has 0 spiro atoms. The van der Waals surface area contributed by atoms with Crippen molar-refractivity contribution in [2.45, 2.75) is 25.8 Å². The van der Waals surface area contributed by atoms with Crippen LogP contribution < -0.4 is 5.32 Å². The van der Waals surface area contributed by atoms with Crippen molar-refractivity contribution < 1.29 is 4.42 Å². The minimum atomic E-state index is 0. The van der Waals surface area contributed by atoms with Gasteiger partial charge in [0.15, 0.2) is 0 Å². The molecule has 1 aliphatic rings. The Labute approximate surface area is 78.7 Å². The summed E-state index contributed by atoms with van der Waals surface area (Å²) >= 11 is 0. The second kappa shape index (κ2) is 3.97. The van der Waals surface area contributed by atoms with E-state index >= 15 is 0 Å². The minimum Gasteiger partial charge on any atom is -0.465 e. The summed E-state index contributed by atoms with van der Waals surface area (Å²) in [7, 11) is 0. The average molecular weight is 188 g/mol. The highest BCUT2D eigenvalue weighted by Crippen LogP contribution is 2.24. The number of rotatable bonds is 1. The highest BCUT2D eigenvalue weighted by Gasteiger charge is 2.18. The van der Waals surface area contributed by atoms with Crippen LogP contribution in [0.2, 0.25) is 0 Å². The lowest BCUT2D eigenvalue weighted by Crippen LogP contribution is -2.11. The Morgan fingerprint density at radius 1 is 1.50 bits per heavy atom. The van der Waals surface area contributed by atoms with Crippen molar-refractivity contribution in [3.05, 3.63) is 23.7 Å². The second-order valence-corrected chi connectivity index (χ2v) is 3.10. The van der Waals surface area contributed by atoms with Crippen molar-refractivity contribution in [1.82, 2.24) is 5.32 Å². The van der Waals surface area contributed by atoms with Gasteiger partial charge in [-0.2, -0.15) is 0 Å². The summed E-state index contributed by atoms with van der Waals surface area (Å²) in [6.45, 7) is 3.11. The Morgan fingerprint density at radius 3 is 2.83 bits per heavy atom. The van der Waals surface area contributed by atoms with Gasteiger partial charge in [0, 0.05) is 0 Å². The first kappa shape index (κ1) is 9.62. The monoisotopic (exact) mass is 187 g/mol. The summed E-state index contributed by atoms with van der Waals surface area (Å²) in [6, 6.07) is 4.57. The number of halogens is 1. The Hall–Kier alpha value is -0.470. The molecule has 1 fully saturated rings. The molecule has 0 aromatic carbocycles. The summed E-state index contributed by atoms with van der Waals surface area (Å²) in [5.74, 6) is 2.11. The SMILES string of the molecule is Cc1ccc([C@@H]2CCCN2)o1.Cl. The van der Waals surface area contributed by atoms with Gasteiger partial charge in [-0.15, -0.1) is 12.4 Å². The first-order valence-corrected chi connectivity index (χ1v) is 4.16. The van der Waals surface area contributed by atoms with Gasteiger partial charge in [0.1, 0.15) is 11.5 Å². The van der Waals surface area contributed by atoms with Gasteiger partial charge in [-0.05, 0) is 38.4 Å². The first-order valence-electron chi connectivity index (χ1n) is 4.16. The molecule has 2 heterocycles. The zero-order chi connectivity index (χ0) is 7.68. The van der Waals surface area contributed by atoms with Crippen molar-refractivity contribution in [2.75, 3.05) is 6.54 Å². The molecular formula is C9H14ClNO. The molecule has 1 aromatic heterocycles. The van der Waals surface area contributed by atoms with Gasteiger partial charge >= 0.3 is 0 Å². The highest BCUT2D eigenvalue weighted by molar-refractivity contribution is 5.85. The molecule has 0 saturated carbocycles. The van der Waals surface area contributed by atoms with Crippen molar-refractivity contribution in [3.63, 3.8) is 0 Å². The van der Waals surface area contributed by atoms with E-state index in [1.54, 1.807) is 0 Å². The fourth-order valence-electron chi connectivity index (χ4n) is 1.57. The highest BCUT2D eigenvalue weighted by atomic mass is 35.5. The molecule has 0 bridgehead atoms. The fraction of sp³-hybridized carbons (Fsp3) is 0.556.